The molecule has 4 nitrogen and oxygen atoms in total. The minimum absolute atomic E-state index is 0.206. The van der Waals surface area contributed by atoms with Crippen molar-refractivity contribution in [1.29, 1.82) is 0 Å². The SMILES string of the molecule is CC(C)N(CCCC(C)(NC1CC1)C(N)=O)CC1CC1. The third-order valence-electron chi connectivity index (χ3n) is 4.69. The predicted molar refractivity (Wildman–Crippen MR) is 82.4 cm³/mol. The average Bonchev–Trinajstić information content (AvgIpc) is 3.22. The van der Waals surface area contributed by atoms with Gasteiger partial charge in [0.1, 0.15) is 0 Å². The Kier molecular flexibility index (Phi) is 5.08. The van der Waals surface area contributed by atoms with Crippen LogP contribution < -0.4 is 11.1 Å². The van der Waals surface area contributed by atoms with E-state index in [0.717, 1.165) is 25.3 Å². The summed E-state index contributed by atoms with van der Waals surface area (Å²) in [6.07, 6.45) is 7.03. The van der Waals surface area contributed by atoms with Gasteiger partial charge in [-0.1, -0.05) is 0 Å². The summed E-state index contributed by atoms with van der Waals surface area (Å²) in [5, 5.41) is 3.43. The van der Waals surface area contributed by atoms with Crippen LogP contribution in [0.2, 0.25) is 0 Å². The van der Waals surface area contributed by atoms with Crippen molar-refractivity contribution < 1.29 is 4.79 Å². The number of carbonyl (C=O) groups excluding carboxylic acids is 1. The Hall–Kier alpha value is -0.610. The monoisotopic (exact) mass is 281 g/mol. The maximum Gasteiger partial charge on any atom is 0.237 e. The van der Waals surface area contributed by atoms with E-state index in [9.17, 15) is 4.79 Å². The van der Waals surface area contributed by atoms with Crippen molar-refractivity contribution in [2.24, 2.45) is 11.7 Å². The van der Waals surface area contributed by atoms with E-state index in [2.05, 4.69) is 24.1 Å². The van der Waals surface area contributed by atoms with Crippen molar-refractivity contribution in [2.75, 3.05) is 13.1 Å². The maximum atomic E-state index is 11.7. The summed E-state index contributed by atoms with van der Waals surface area (Å²) in [5.74, 6) is 0.715. The lowest BCUT2D eigenvalue weighted by molar-refractivity contribution is -0.124. The van der Waals surface area contributed by atoms with Gasteiger partial charge in [0.15, 0.2) is 0 Å². The Morgan fingerprint density at radius 1 is 1.35 bits per heavy atom. The Morgan fingerprint density at radius 3 is 2.45 bits per heavy atom. The molecule has 0 aromatic rings. The lowest BCUT2D eigenvalue weighted by Crippen LogP contribution is -2.54. The molecular formula is C16H31N3O. The lowest BCUT2D eigenvalue weighted by Gasteiger charge is -2.31. The topological polar surface area (TPSA) is 58.4 Å². The van der Waals surface area contributed by atoms with Gasteiger partial charge in [0, 0.05) is 18.6 Å². The number of hydrogen-bond acceptors (Lipinski definition) is 3. The van der Waals surface area contributed by atoms with Gasteiger partial charge >= 0.3 is 0 Å². The first-order valence-corrected chi connectivity index (χ1v) is 8.22. The lowest BCUT2D eigenvalue weighted by atomic mass is 9.94. The molecule has 0 saturated heterocycles. The Morgan fingerprint density at radius 2 is 2.00 bits per heavy atom. The standard InChI is InChI=1S/C16H31N3O/c1-12(2)19(11-13-5-6-13)10-4-9-16(3,15(17)20)18-14-7-8-14/h12-14,18H,4-11H2,1-3H3,(H2,17,20). The summed E-state index contributed by atoms with van der Waals surface area (Å²) in [7, 11) is 0. The molecule has 2 aliphatic rings. The van der Waals surface area contributed by atoms with E-state index in [4.69, 9.17) is 5.73 Å². The second kappa shape index (κ2) is 6.44. The molecule has 3 N–H and O–H groups in total. The molecule has 2 fully saturated rings. The summed E-state index contributed by atoms with van der Waals surface area (Å²) >= 11 is 0. The van der Waals surface area contributed by atoms with Crippen LogP contribution in [-0.4, -0.2) is 41.5 Å². The quantitative estimate of drug-likeness (QED) is 0.643. The molecule has 2 rings (SSSR count). The molecule has 0 spiro atoms. The summed E-state index contributed by atoms with van der Waals surface area (Å²) in [6.45, 7) is 8.79. The van der Waals surface area contributed by atoms with Crippen LogP contribution in [0.3, 0.4) is 0 Å². The van der Waals surface area contributed by atoms with Gasteiger partial charge in [-0.15, -0.1) is 0 Å². The zero-order valence-corrected chi connectivity index (χ0v) is 13.3. The fourth-order valence-corrected chi connectivity index (χ4v) is 2.77. The highest BCUT2D eigenvalue weighted by molar-refractivity contribution is 5.84. The van der Waals surface area contributed by atoms with Crippen LogP contribution in [0.4, 0.5) is 0 Å². The van der Waals surface area contributed by atoms with Crippen LogP contribution >= 0.6 is 0 Å². The van der Waals surface area contributed by atoms with E-state index < -0.39 is 5.54 Å². The van der Waals surface area contributed by atoms with E-state index in [0.29, 0.717) is 12.1 Å². The molecule has 0 aromatic carbocycles. The second-order valence-electron chi connectivity index (χ2n) is 7.25. The van der Waals surface area contributed by atoms with Crippen LogP contribution in [0.15, 0.2) is 0 Å². The van der Waals surface area contributed by atoms with E-state index >= 15 is 0 Å². The highest BCUT2D eigenvalue weighted by Gasteiger charge is 2.36. The summed E-state index contributed by atoms with van der Waals surface area (Å²) in [5.41, 5.74) is 5.07. The van der Waals surface area contributed by atoms with Gasteiger partial charge in [0.05, 0.1) is 5.54 Å². The molecule has 20 heavy (non-hydrogen) atoms. The number of nitrogens with two attached hydrogens (primary N) is 1. The van der Waals surface area contributed by atoms with Crippen LogP contribution in [0.1, 0.15) is 59.3 Å². The summed E-state index contributed by atoms with van der Waals surface area (Å²) in [4.78, 5) is 14.3. The third kappa shape index (κ3) is 4.74. The van der Waals surface area contributed by atoms with Crippen molar-refractivity contribution >= 4 is 5.91 Å². The number of nitrogens with one attached hydrogen (secondary N) is 1. The van der Waals surface area contributed by atoms with Crippen LogP contribution in [0.25, 0.3) is 0 Å². The molecule has 4 heteroatoms. The second-order valence-corrected chi connectivity index (χ2v) is 7.25. The Balaban J connectivity index is 1.76. The summed E-state index contributed by atoms with van der Waals surface area (Å²) < 4.78 is 0. The van der Waals surface area contributed by atoms with Crippen molar-refractivity contribution in [1.82, 2.24) is 10.2 Å². The van der Waals surface area contributed by atoms with Gasteiger partial charge in [-0.25, -0.2) is 0 Å². The molecule has 116 valence electrons. The van der Waals surface area contributed by atoms with E-state index in [1.54, 1.807) is 0 Å². The molecule has 2 saturated carbocycles. The first-order valence-electron chi connectivity index (χ1n) is 8.22. The smallest absolute Gasteiger partial charge is 0.237 e. The molecule has 1 atom stereocenters. The van der Waals surface area contributed by atoms with Crippen LogP contribution in [0.5, 0.6) is 0 Å². The number of amides is 1. The highest BCUT2D eigenvalue weighted by atomic mass is 16.1. The van der Waals surface area contributed by atoms with Gasteiger partial charge in [-0.3, -0.25) is 4.79 Å². The zero-order valence-electron chi connectivity index (χ0n) is 13.3. The van der Waals surface area contributed by atoms with E-state index in [-0.39, 0.29) is 5.91 Å². The van der Waals surface area contributed by atoms with Crippen molar-refractivity contribution in [3.8, 4) is 0 Å². The molecule has 0 aromatic heterocycles. The third-order valence-corrected chi connectivity index (χ3v) is 4.69. The molecule has 0 bridgehead atoms. The maximum absolute atomic E-state index is 11.7. The van der Waals surface area contributed by atoms with E-state index in [1.165, 1.54) is 32.2 Å². The number of primary amides is 1. The van der Waals surface area contributed by atoms with Crippen molar-refractivity contribution in [3.05, 3.63) is 0 Å². The molecule has 0 radical (unpaired) electrons. The number of rotatable bonds is 10. The van der Waals surface area contributed by atoms with Crippen LogP contribution in [0, 0.1) is 5.92 Å². The normalized spacial score (nSPS) is 22.2. The van der Waals surface area contributed by atoms with Gasteiger partial charge < -0.3 is 16.0 Å². The molecule has 0 aliphatic heterocycles. The minimum Gasteiger partial charge on any atom is -0.368 e. The molecule has 2 aliphatic carbocycles. The fraction of sp³-hybridized carbons (Fsp3) is 0.938. The fourth-order valence-electron chi connectivity index (χ4n) is 2.77. The first kappa shape index (κ1) is 15.8. The van der Waals surface area contributed by atoms with Crippen molar-refractivity contribution in [2.45, 2.75) is 76.9 Å². The molecule has 1 unspecified atom stereocenters. The minimum atomic E-state index is -0.524. The average molecular weight is 281 g/mol. The number of carbonyl (C=O) groups is 1. The van der Waals surface area contributed by atoms with Crippen molar-refractivity contribution in [3.63, 3.8) is 0 Å². The first-order chi connectivity index (χ1) is 9.40. The van der Waals surface area contributed by atoms with Gasteiger partial charge in [0.25, 0.3) is 0 Å². The zero-order chi connectivity index (χ0) is 14.8. The summed E-state index contributed by atoms with van der Waals surface area (Å²) in [6, 6.07) is 1.10. The van der Waals surface area contributed by atoms with Gasteiger partial charge in [0.2, 0.25) is 5.91 Å². The highest BCUT2D eigenvalue weighted by Crippen LogP contribution is 2.30. The molecular weight excluding hydrogens is 250 g/mol. The Bertz CT molecular complexity index is 337. The van der Waals surface area contributed by atoms with Gasteiger partial charge in [-0.05, 0) is 71.8 Å². The molecule has 1 amide bonds. The van der Waals surface area contributed by atoms with Crippen LogP contribution in [-0.2, 0) is 4.79 Å². The number of nitrogens with zero attached hydrogens (tertiary/aromatic N) is 1. The number of hydrogen-bond donors (Lipinski definition) is 2. The van der Waals surface area contributed by atoms with E-state index in [1.807, 2.05) is 6.92 Å². The Labute approximate surface area is 123 Å². The predicted octanol–water partition coefficient (Wildman–Crippen LogP) is 1.88. The molecule has 0 heterocycles. The van der Waals surface area contributed by atoms with Gasteiger partial charge in [-0.2, -0.15) is 0 Å². The largest absolute Gasteiger partial charge is 0.368 e.